The molecule has 0 bridgehead atoms. The van der Waals surface area contributed by atoms with Gasteiger partial charge >= 0.3 is 6.09 Å². The van der Waals surface area contributed by atoms with Crippen LogP contribution >= 0.6 is 24.0 Å². The first-order chi connectivity index (χ1) is 13.2. The highest BCUT2D eigenvalue weighted by Crippen LogP contribution is 2.10. The highest BCUT2D eigenvalue weighted by atomic mass is 127. The summed E-state index contributed by atoms with van der Waals surface area (Å²) in [5.41, 5.74) is 0.443. The summed E-state index contributed by atoms with van der Waals surface area (Å²) in [5, 5.41) is 11.4. The van der Waals surface area contributed by atoms with Crippen LogP contribution in [0.25, 0.3) is 0 Å². The van der Waals surface area contributed by atoms with E-state index in [1.807, 2.05) is 24.3 Å². The minimum atomic E-state index is -0.533. The van der Waals surface area contributed by atoms with Gasteiger partial charge in [0.05, 0.1) is 13.7 Å². The van der Waals surface area contributed by atoms with Crippen molar-refractivity contribution in [3.05, 3.63) is 29.8 Å². The van der Waals surface area contributed by atoms with E-state index in [4.69, 9.17) is 9.47 Å². The van der Waals surface area contributed by atoms with Gasteiger partial charge in [-0.1, -0.05) is 12.1 Å². The molecule has 0 aliphatic heterocycles. The highest BCUT2D eigenvalue weighted by Gasteiger charge is 2.15. The van der Waals surface area contributed by atoms with Gasteiger partial charge in [-0.25, -0.2) is 4.79 Å². The molecule has 0 aromatic heterocycles. The van der Waals surface area contributed by atoms with Crippen LogP contribution in [0.4, 0.5) is 4.79 Å². The van der Waals surface area contributed by atoms with Crippen molar-refractivity contribution in [3.63, 3.8) is 0 Å². The zero-order chi connectivity index (χ0) is 21.0. The minimum Gasteiger partial charge on any atom is -0.497 e. The Kier molecular flexibility index (Phi) is 12.8. The van der Waals surface area contributed by atoms with E-state index < -0.39 is 11.7 Å². The molecule has 0 radical (unpaired) electrons. The molecule has 0 atom stereocenters. The van der Waals surface area contributed by atoms with Crippen molar-refractivity contribution in [2.45, 2.75) is 32.9 Å². The van der Waals surface area contributed by atoms with Gasteiger partial charge in [0.25, 0.3) is 0 Å². The lowest BCUT2D eigenvalue weighted by Gasteiger charge is -2.19. The van der Waals surface area contributed by atoms with Crippen LogP contribution in [0.2, 0.25) is 0 Å². The Hall–Kier alpha value is -2.24. The fraction of sp³-hybridized carbons (Fsp3) is 0.526. The Balaban J connectivity index is 0.00000784. The normalized spacial score (nSPS) is 11.0. The first kappa shape index (κ1) is 26.8. The van der Waals surface area contributed by atoms with E-state index in [1.54, 1.807) is 34.9 Å². The second-order valence-corrected chi connectivity index (χ2v) is 6.91. The van der Waals surface area contributed by atoms with Crippen LogP contribution in [-0.4, -0.2) is 57.4 Å². The Bertz CT molecular complexity index is 660. The topological polar surface area (TPSA) is 113 Å². The quantitative estimate of drug-likeness (QED) is 0.179. The molecule has 2 amide bonds. The number of halogens is 1. The van der Waals surface area contributed by atoms with Crippen molar-refractivity contribution in [1.82, 2.24) is 21.3 Å². The molecule has 9 nitrogen and oxygen atoms in total. The van der Waals surface area contributed by atoms with Gasteiger partial charge in [-0.05, 0) is 38.5 Å². The van der Waals surface area contributed by atoms with E-state index in [2.05, 4.69) is 26.3 Å². The number of hydrogen-bond acceptors (Lipinski definition) is 5. The molecular weight excluding hydrogens is 489 g/mol. The number of rotatable bonds is 8. The molecule has 1 aromatic rings. The Morgan fingerprint density at radius 3 is 2.17 bits per heavy atom. The Morgan fingerprint density at radius 2 is 1.62 bits per heavy atom. The fourth-order valence-corrected chi connectivity index (χ4v) is 2.05. The Labute approximate surface area is 189 Å². The van der Waals surface area contributed by atoms with E-state index in [9.17, 15) is 9.59 Å². The van der Waals surface area contributed by atoms with E-state index in [0.29, 0.717) is 25.6 Å². The summed E-state index contributed by atoms with van der Waals surface area (Å²) in [6, 6.07) is 7.48. The average Bonchev–Trinajstić information content (AvgIpc) is 2.64. The second-order valence-electron chi connectivity index (χ2n) is 6.91. The lowest BCUT2D eigenvalue weighted by molar-refractivity contribution is -0.120. The van der Waals surface area contributed by atoms with Gasteiger partial charge in [-0.15, -0.1) is 24.0 Å². The number of ether oxygens (including phenoxy) is 2. The van der Waals surface area contributed by atoms with Crippen molar-refractivity contribution in [2.75, 3.05) is 33.8 Å². The number of hydrogen-bond donors (Lipinski definition) is 4. The first-order valence-corrected chi connectivity index (χ1v) is 9.04. The molecule has 0 fully saturated rings. The van der Waals surface area contributed by atoms with Gasteiger partial charge in [-0.2, -0.15) is 0 Å². The molecule has 0 aliphatic carbocycles. The van der Waals surface area contributed by atoms with E-state index in [-0.39, 0.29) is 36.4 Å². The van der Waals surface area contributed by atoms with Crippen LogP contribution in [0.1, 0.15) is 26.3 Å². The van der Waals surface area contributed by atoms with E-state index in [0.717, 1.165) is 11.3 Å². The largest absolute Gasteiger partial charge is 0.497 e. The van der Waals surface area contributed by atoms with Crippen LogP contribution in [-0.2, 0) is 16.1 Å². The summed E-state index contributed by atoms with van der Waals surface area (Å²) < 4.78 is 10.2. The van der Waals surface area contributed by atoms with Crippen LogP contribution in [0.5, 0.6) is 5.75 Å². The van der Waals surface area contributed by atoms with Crippen molar-refractivity contribution in [2.24, 2.45) is 4.99 Å². The lowest BCUT2D eigenvalue weighted by Crippen LogP contribution is -2.45. The number of carbonyl (C=O) groups is 2. The van der Waals surface area contributed by atoms with Gasteiger partial charge in [-0.3, -0.25) is 9.79 Å². The van der Waals surface area contributed by atoms with Crippen LogP contribution in [0.15, 0.2) is 29.3 Å². The predicted molar refractivity (Wildman–Crippen MR) is 124 cm³/mol. The lowest BCUT2D eigenvalue weighted by atomic mass is 10.2. The third kappa shape index (κ3) is 12.8. The van der Waals surface area contributed by atoms with Crippen molar-refractivity contribution in [1.29, 1.82) is 0 Å². The maximum Gasteiger partial charge on any atom is 0.407 e. The maximum absolute atomic E-state index is 12.0. The monoisotopic (exact) mass is 521 g/mol. The van der Waals surface area contributed by atoms with Gasteiger partial charge in [0.1, 0.15) is 11.4 Å². The first-order valence-electron chi connectivity index (χ1n) is 9.04. The zero-order valence-electron chi connectivity index (χ0n) is 17.6. The zero-order valence-corrected chi connectivity index (χ0v) is 20.0. The summed E-state index contributed by atoms with van der Waals surface area (Å²) in [4.78, 5) is 27.5. The van der Waals surface area contributed by atoms with E-state index in [1.165, 1.54) is 0 Å². The van der Waals surface area contributed by atoms with Crippen LogP contribution < -0.4 is 26.0 Å². The smallest absolute Gasteiger partial charge is 0.407 e. The number of nitrogens with zero attached hydrogens (tertiary/aromatic N) is 1. The molecule has 164 valence electrons. The molecule has 0 unspecified atom stereocenters. The molecular formula is C19H32IN5O4. The van der Waals surface area contributed by atoms with E-state index >= 15 is 0 Å². The van der Waals surface area contributed by atoms with Gasteiger partial charge < -0.3 is 30.7 Å². The predicted octanol–water partition coefficient (Wildman–Crippen LogP) is 1.62. The average molecular weight is 521 g/mol. The number of methoxy groups -OCH3 is 1. The van der Waals surface area contributed by atoms with Crippen molar-refractivity contribution >= 4 is 41.9 Å². The maximum atomic E-state index is 12.0. The third-order valence-electron chi connectivity index (χ3n) is 3.37. The summed E-state index contributed by atoms with van der Waals surface area (Å²) in [6.45, 7) is 6.71. The number of benzene rings is 1. The molecule has 4 N–H and O–H groups in total. The van der Waals surface area contributed by atoms with Crippen LogP contribution in [0.3, 0.4) is 0 Å². The summed E-state index contributed by atoms with van der Waals surface area (Å²) >= 11 is 0. The summed E-state index contributed by atoms with van der Waals surface area (Å²) in [6.07, 6.45) is -0.477. The SMILES string of the molecule is CN=C(NCCNC(=O)OC(C)(C)C)NCC(=O)NCc1ccc(OC)cc1.I. The molecule has 1 aromatic carbocycles. The summed E-state index contributed by atoms with van der Waals surface area (Å²) in [7, 11) is 3.21. The van der Waals surface area contributed by atoms with Gasteiger partial charge in [0.15, 0.2) is 5.96 Å². The summed E-state index contributed by atoms with van der Waals surface area (Å²) in [5.74, 6) is 1.07. The number of carbonyl (C=O) groups excluding carboxylic acids is 2. The third-order valence-corrected chi connectivity index (χ3v) is 3.37. The molecule has 0 spiro atoms. The molecule has 10 heteroatoms. The molecule has 29 heavy (non-hydrogen) atoms. The molecule has 1 rings (SSSR count). The number of nitrogens with one attached hydrogen (secondary N) is 4. The number of guanidine groups is 1. The molecule has 0 saturated heterocycles. The molecule has 0 heterocycles. The Morgan fingerprint density at radius 1 is 1.00 bits per heavy atom. The number of amides is 2. The second kappa shape index (κ2) is 13.9. The van der Waals surface area contributed by atoms with Gasteiger partial charge in [0.2, 0.25) is 5.91 Å². The number of aliphatic imine (C=N–C) groups is 1. The van der Waals surface area contributed by atoms with Crippen molar-refractivity contribution in [3.8, 4) is 5.75 Å². The number of alkyl carbamates (subject to hydrolysis) is 1. The van der Waals surface area contributed by atoms with Crippen molar-refractivity contribution < 1.29 is 19.1 Å². The molecule has 0 saturated carbocycles. The standard InChI is InChI=1S/C19H31N5O4.HI/c1-19(2,3)28-18(26)22-11-10-21-17(20-4)24-13-16(25)23-12-14-6-8-15(27-5)9-7-14;/h6-9H,10-13H2,1-5H3,(H,22,26)(H,23,25)(H2,20,21,24);1H. The fourth-order valence-electron chi connectivity index (χ4n) is 2.05. The highest BCUT2D eigenvalue weighted by molar-refractivity contribution is 14.0. The van der Waals surface area contributed by atoms with Gasteiger partial charge in [0, 0.05) is 26.7 Å². The van der Waals surface area contributed by atoms with Crippen LogP contribution in [0, 0.1) is 0 Å². The minimum absolute atomic E-state index is 0. The molecule has 0 aliphatic rings.